The third-order valence-corrected chi connectivity index (χ3v) is 2.91. The number of carbonyl (C=O) groups excluding carboxylic acids is 3. The van der Waals surface area contributed by atoms with Gasteiger partial charge in [-0.2, -0.15) is 0 Å². The molecule has 0 unspecified atom stereocenters. The van der Waals surface area contributed by atoms with Gasteiger partial charge in [0, 0.05) is 18.3 Å². The first kappa shape index (κ1) is 14.0. The fraction of sp³-hybridized carbons (Fsp3) is 0.357. The Balaban J connectivity index is 1.81. The van der Waals surface area contributed by atoms with Crippen molar-refractivity contribution in [2.24, 2.45) is 5.92 Å². The number of esters is 1. The van der Waals surface area contributed by atoms with Crippen molar-refractivity contribution < 1.29 is 19.1 Å². The van der Waals surface area contributed by atoms with Crippen LogP contribution in [0.2, 0.25) is 0 Å². The average molecular weight is 276 g/mol. The largest absolute Gasteiger partial charge is 0.455 e. The van der Waals surface area contributed by atoms with Crippen molar-refractivity contribution in [3.05, 3.63) is 29.8 Å². The fourth-order valence-electron chi connectivity index (χ4n) is 1.62. The van der Waals surface area contributed by atoms with Gasteiger partial charge in [0.2, 0.25) is 0 Å². The lowest BCUT2D eigenvalue weighted by Crippen LogP contribution is -2.21. The van der Waals surface area contributed by atoms with Gasteiger partial charge in [0.05, 0.1) is 5.92 Å². The number of hydrogen-bond donors (Lipinski definition) is 2. The van der Waals surface area contributed by atoms with Crippen LogP contribution in [-0.4, -0.2) is 31.4 Å². The van der Waals surface area contributed by atoms with Crippen molar-refractivity contribution in [1.29, 1.82) is 0 Å². The highest BCUT2D eigenvalue weighted by molar-refractivity contribution is 5.96. The number of amides is 2. The van der Waals surface area contributed by atoms with E-state index in [4.69, 9.17) is 4.74 Å². The lowest BCUT2D eigenvalue weighted by atomic mass is 10.2. The van der Waals surface area contributed by atoms with Gasteiger partial charge in [-0.1, -0.05) is 0 Å². The first-order chi connectivity index (χ1) is 9.60. The van der Waals surface area contributed by atoms with Crippen LogP contribution in [0.4, 0.5) is 5.69 Å². The smallest absolute Gasteiger partial charge is 0.309 e. The fourth-order valence-corrected chi connectivity index (χ4v) is 1.62. The van der Waals surface area contributed by atoms with Crippen LogP contribution in [0.5, 0.6) is 0 Å². The summed E-state index contributed by atoms with van der Waals surface area (Å²) in [6, 6.07) is 6.44. The molecule has 0 heterocycles. The topological polar surface area (TPSA) is 84.5 Å². The second-order valence-corrected chi connectivity index (χ2v) is 4.59. The molecule has 0 radical (unpaired) electrons. The monoisotopic (exact) mass is 276 g/mol. The molecule has 0 bridgehead atoms. The van der Waals surface area contributed by atoms with Crippen molar-refractivity contribution in [3.63, 3.8) is 0 Å². The molecule has 2 N–H and O–H groups in total. The van der Waals surface area contributed by atoms with Crippen LogP contribution in [-0.2, 0) is 14.3 Å². The van der Waals surface area contributed by atoms with Gasteiger partial charge in [-0.05, 0) is 37.1 Å². The zero-order valence-corrected chi connectivity index (χ0v) is 11.1. The number of carbonyl (C=O) groups is 3. The molecular formula is C14H16N2O4. The summed E-state index contributed by atoms with van der Waals surface area (Å²) in [6.45, 7) is -0.285. The number of hydrogen-bond acceptors (Lipinski definition) is 4. The van der Waals surface area contributed by atoms with Crippen LogP contribution < -0.4 is 10.6 Å². The highest BCUT2D eigenvalue weighted by atomic mass is 16.5. The van der Waals surface area contributed by atoms with Gasteiger partial charge in [0.25, 0.3) is 11.8 Å². The Labute approximate surface area is 116 Å². The second-order valence-electron chi connectivity index (χ2n) is 4.59. The van der Waals surface area contributed by atoms with Crippen LogP contribution in [0.1, 0.15) is 23.2 Å². The normalized spacial score (nSPS) is 13.4. The van der Waals surface area contributed by atoms with Gasteiger partial charge in [-0.15, -0.1) is 0 Å². The number of benzene rings is 1. The molecule has 1 aliphatic carbocycles. The minimum absolute atomic E-state index is 0.0189. The molecule has 20 heavy (non-hydrogen) atoms. The predicted octanol–water partition coefficient (Wildman–Crippen LogP) is 0.938. The minimum Gasteiger partial charge on any atom is -0.455 e. The summed E-state index contributed by atoms with van der Waals surface area (Å²) < 4.78 is 4.86. The van der Waals surface area contributed by atoms with Crippen molar-refractivity contribution in [1.82, 2.24) is 5.32 Å². The van der Waals surface area contributed by atoms with Crippen LogP contribution >= 0.6 is 0 Å². The summed E-state index contributed by atoms with van der Waals surface area (Å²) in [6.07, 6.45) is 1.70. The van der Waals surface area contributed by atoms with E-state index in [1.165, 1.54) is 0 Å². The van der Waals surface area contributed by atoms with Crippen LogP contribution in [0.25, 0.3) is 0 Å². The number of anilines is 1. The molecule has 106 valence electrons. The third kappa shape index (κ3) is 3.81. The van der Waals surface area contributed by atoms with E-state index in [-0.39, 0.29) is 24.4 Å². The Bertz CT molecular complexity index is 520. The number of rotatable bonds is 5. The van der Waals surface area contributed by atoms with Crippen molar-refractivity contribution >= 4 is 23.5 Å². The molecule has 0 aliphatic heterocycles. The van der Waals surface area contributed by atoms with E-state index in [0.717, 1.165) is 12.8 Å². The van der Waals surface area contributed by atoms with Crippen molar-refractivity contribution in [2.75, 3.05) is 19.0 Å². The average Bonchev–Trinajstić information content (AvgIpc) is 3.29. The summed E-state index contributed by atoms with van der Waals surface area (Å²) in [4.78, 5) is 34.2. The Kier molecular flexibility index (Phi) is 4.34. The SMILES string of the molecule is CNC(=O)c1ccc(NC(=O)COC(=O)C2CC2)cc1. The Morgan fingerprint density at radius 1 is 1.20 bits per heavy atom. The molecule has 0 aromatic heterocycles. The van der Waals surface area contributed by atoms with Crippen molar-refractivity contribution in [2.45, 2.75) is 12.8 Å². The summed E-state index contributed by atoms with van der Waals surface area (Å²) in [5, 5.41) is 5.10. The molecule has 1 aromatic carbocycles. The zero-order valence-electron chi connectivity index (χ0n) is 11.1. The first-order valence-corrected chi connectivity index (χ1v) is 6.39. The Morgan fingerprint density at radius 2 is 1.85 bits per heavy atom. The maximum atomic E-state index is 11.6. The molecule has 0 spiro atoms. The second kappa shape index (κ2) is 6.18. The first-order valence-electron chi connectivity index (χ1n) is 6.39. The predicted molar refractivity (Wildman–Crippen MR) is 72.1 cm³/mol. The molecule has 6 nitrogen and oxygen atoms in total. The molecule has 0 saturated heterocycles. The maximum Gasteiger partial charge on any atom is 0.309 e. The quantitative estimate of drug-likeness (QED) is 0.784. The number of nitrogens with one attached hydrogen (secondary N) is 2. The molecular weight excluding hydrogens is 260 g/mol. The summed E-state index contributed by atoms with van der Waals surface area (Å²) in [5.74, 6) is -0.919. The molecule has 6 heteroatoms. The van der Waals surface area contributed by atoms with Gasteiger partial charge in [0.1, 0.15) is 0 Å². The highest BCUT2D eigenvalue weighted by Crippen LogP contribution is 2.29. The van der Waals surface area contributed by atoms with Gasteiger partial charge in [0.15, 0.2) is 6.61 Å². The molecule has 2 rings (SSSR count). The standard InChI is InChI=1S/C14H16N2O4/c1-15-13(18)9-4-6-11(7-5-9)16-12(17)8-20-14(19)10-2-3-10/h4-7,10H,2-3,8H2,1H3,(H,15,18)(H,16,17). The van der Waals surface area contributed by atoms with Gasteiger partial charge in [-0.25, -0.2) is 0 Å². The maximum absolute atomic E-state index is 11.6. The molecule has 1 aliphatic rings. The zero-order chi connectivity index (χ0) is 14.5. The van der Waals surface area contributed by atoms with Gasteiger partial charge >= 0.3 is 5.97 Å². The lowest BCUT2D eigenvalue weighted by Gasteiger charge is -2.07. The van der Waals surface area contributed by atoms with Gasteiger partial charge < -0.3 is 15.4 Å². The van der Waals surface area contributed by atoms with Crippen molar-refractivity contribution in [3.8, 4) is 0 Å². The van der Waals surface area contributed by atoms with E-state index < -0.39 is 5.91 Å². The summed E-state index contributed by atoms with van der Waals surface area (Å²) in [5.41, 5.74) is 1.05. The third-order valence-electron chi connectivity index (χ3n) is 2.91. The Hall–Kier alpha value is -2.37. The summed E-state index contributed by atoms with van der Waals surface area (Å²) >= 11 is 0. The molecule has 1 saturated carbocycles. The number of ether oxygens (including phenoxy) is 1. The van der Waals surface area contributed by atoms with E-state index in [1.54, 1.807) is 31.3 Å². The lowest BCUT2D eigenvalue weighted by molar-refractivity contribution is -0.148. The van der Waals surface area contributed by atoms with Crippen LogP contribution in [0.15, 0.2) is 24.3 Å². The van der Waals surface area contributed by atoms with E-state index in [1.807, 2.05) is 0 Å². The molecule has 0 atom stereocenters. The molecule has 2 amide bonds. The highest BCUT2D eigenvalue weighted by Gasteiger charge is 2.31. The molecule has 1 fully saturated rings. The van der Waals surface area contributed by atoms with E-state index in [9.17, 15) is 14.4 Å². The molecule has 1 aromatic rings. The Morgan fingerprint density at radius 3 is 2.40 bits per heavy atom. The van der Waals surface area contributed by atoms with E-state index in [0.29, 0.717) is 11.3 Å². The van der Waals surface area contributed by atoms with E-state index in [2.05, 4.69) is 10.6 Å². The van der Waals surface area contributed by atoms with Crippen LogP contribution in [0, 0.1) is 5.92 Å². The summed E-state index contributed by atoms with van der Waals surface area (Å²) in [7, 11) is 1.55. The minimum atomic E-state index is -0.397. The van der Waals surface area contributed by atoms with E-state index >= 15 is 0 Å². The van der Waals surface area contributed by atoms with Crippen LogP contribution in [0.3, 0.4) is 0 Å². The van der Waals surface area contributed by atoms with Gasteiger partial charge in [-0.3, -0.25) is 14.4 Å².